The maximum atomic E-state index is 12.4. The Hall–Kier alpha value is -4.22. The fourth-order valence-electron chi connectivity index (χ4n) is 2.81. The SMILES string of the molecule is O=C(NCc1ccccc1)c1nc2c(o1)CN(C(=O)c1cccnc1)C2.O=C(O)C(F)(F)F. The summed E-state index contributed by atoms with van der Waals surface area (Å²) in [4.78, 5) is 43.3. The average molecular weight is 462 g/mol. The number of aliphatic carboxylic acids is 1. The Kier molecular flexibility index (Phi) is 7.06. The minimum atomic E-state index is -5.08. The zero-order valence-electron chi connectivity index (χ0n) is 16.9. The van der Waals surface area contributed by atoms with Crippen LogP contribution in [0.15, 0.2) is 59.3 Å². The number of nitrogens with zero attached hydrogens (tertiary/aromatic N) is 3. The molecule has 0 aliphatic carbocycles. The van der Waals surface area contributed by atoms with Crippen molar-refractivity contribution in [3.05, 3.63) is 83.3 Å². The smallest absolute Gasteiger partial charge is 0.475 e. The number of alkyl halides is 3. The Balaban J connectivity index is 0.000000383. The van der Waals surface area contributed by atoms with Gasteiger partial charge < -0.3 is 19.7 Å². The minimum absolute atomic E-state index is 0.0272. The molecular weight excluding hydrogens is 445 g/mol. The molecule has 3 heterocycles. The minimum Gasteiger partial charge on any atom is -0.475 e. The van der Waals surface area contributed by atoms with E-state index in [1.165, 1.54) is 6.20 Å². The van der Waals surface area contributed by atoms with Crippen LogP contribution in [0.3, 0.4) is 0 Å². The molecule has 1 aliphatic heterocycles. The maximum Gasteiger partial charge on any atom is 0.490 e. The number of pyridine rings is 1. The van der Waals surface area contributed by atoms with E-state index in [1.807, 2.05) is 30.3 Å². The van der Waals surface area contributed by atoms with Gasteiger partial charge in [0.05, 0.1) is 18.7 Å². The van der Waals surface area contributed by atoms with Crippen LogP contribution in [0.25, 0.3) is 0 Å². The third kappa shape index (κ3) is 6.15. The lowest BCUT2D eigenvalue weighted by Crippen LogP contribution is -2.26. The number of carbonyl (C=O) groups is 3. The van der Waals surface area contributed by atoms with E-state index in [0.717, 1.165) is 5.56 Å². The van der Waals surface area contributed by atoms with Crippen molar-refractivity contribution < 1.29 is 37.1 Å². The largest absolute Gasteiger partial charge is 0.490 e. The number of carbonyl (C=O) groups excluding carboxylic acids is 2. The highest BCUT2D eigenvalue weighted by Gasteiger charge is 2.38. The molecule has 172 valence electrons. The van der Waals surface area contributed by atoms with Crippen molar-refractivity contribution in [1.29, 1.82) is 0 Å². The van der Waals surface area contributed by atoms with Crippen LogP contribution in [0.5, 0.6) is 0 Å². The average Bonchev–Trinajstić information content (AvgIpc) is 3.38. The molecule has 2 aromatic heterocycles. The summed E-state index contributed by atoms with van der Waals surface area (Å²) >= 11 is 0. The molecule has 1 aromatic carbocycles. The molecule has 0 saturated carbocycles. The molecule has 12 heteroatoms. The number of carboxylic acids is 1. The lowest BCUT2D eigenvalue weighted by Gasteiger charge is -2.14. The number of hydrogen-bond donors (Lipinski definition) is 2. The molecule has 33 heavy (non-hydrogen) atoms. The second kappa shape index (κ2) is 9.94. The van der Waals surface area contributed by atoms with Gasteiger partial charge in [0, 0.05) is 18.9 Å². The van der Waals surface area contributed by atoms with Gasteiger partial charge in [0.25, 0.3) is 11.8 Å². The number of fused-ring (bicyclic) bond motifs is 1. The Morgan fingerprint density at radius 3 is 2.36 bits per heavy atom. The second-order valence-electron chi connectivity index (χ2n) is 6.76. The highest BCUT2D eigenvalue weighted by atomic mass is 19.4. The van der Waals surface area contributed by atoms with E-state index in [0.29, 0.717) is 36.7 Å². The summed E-state index contributed by atoms with van der Waals surface area (Å²) in [7, 11) is 0. The van der Waals surface area contributed by atoms with Crippen LogP contribution in [-0.2, 0) is 24.4 Å². The van der Waals surface area contributed by atoms with Crippen LogP contribution in [-0.4, -0.2) is 43.9 Å². The summed E-state index contributed by atoms with van der Waals surface area (Å²) < 4.78 is 37.3. The monoisotopic (exact) mass is 462 g/mol. The van der Waals surface area contributed by atoms with E-state index in [-0.39, 0.29) is 17.7 Å². The van der Waals surface area contributed by atoms with Gasteiger partial charge in [-0.15, -0.1) is 0 Å². The van der Waals surface area contributed by atoms with Gasteiger partial charge in [-0.25, -0.2) is 9.78 Å². The number of benzene rings is 1. The number of nitrogens with one attached hydrogen (secondary N) is 1. The van der Waals surface area contributed by atoms with E-state index in [2.05, 4.69) is 15.3 Å². The number of hydrogen-bond acceptors (Lipinski definition) is 6. The van der Waals surface area contributed by atoms with Gasteiger partial charge in [-0.05, 0) is 17.7 Å². The summed E-state index contributed by atoms with van der Waals surface area (Å²) in [6.45, 7) is 1.01. The zero-order valence-corrected chi connectivity index (χ0v) is 16.9. The van der Waals surface area contributed by atoms with Crippen molar-refractivity contribution in [3.63, 3.8) is 0 Å². The van der Waals surface area contributed by atoms with Gasteiger partial charge in [0.15, 0.2) is 0 Å². The molecule has 0 saturated heterocycles. The van der Waals surface area contributed by atoms with E-state index < -0.39 is 12.1 Å². The van der Waals surface area contributed by atoms with Crippen LogP contribution in [0.2, 0.25) is 0 Å². The van der Waals surface area contributed by atoms with E-state index >= 15 is 0 Å². The normalized spacial score (nSPS) is 12.4. The molecule has 0 radical (unpaired) electrons. The van der Waals surface area contributed by atoms with Gasteiger partial charge in [-0.3, -0.25) is 14.6 Å². The Labute approximate surface area is 184 Å². The third-order valence-corrected chi connectivity index (χ3v) is 4.38. The Morgan fingerprint density at radius 2 is 1.79 bits per heavy atom. The number of oxazole rings is 1. The van der Waals surface area contributed by atoms with Crippen LogP contribution < -0.4 is 5.32 Å². The summed E-state index contributed by atoms with van der Waals surface area (Å²) in [5, 5.41) is 9.90. The third-order valence-electron chi connectivity index (χ3n) is 4.38. The molecule has 2 N–H and O–H groups in total. The van der Waals surface area contributed by atoms with Crippen LogP contribution in [0, 0.1) is 0 Å². The van der Waals surface area contributed by atoms with Gasteiger partial charge in [0.1, 0.15) is 11.5 Å². The predicted molar refractivity (Wildman–Crippen MR) is 106 cm³/mol. The second-order valence-corrected chi connectivity index (χ2v) is 6.76. The van der Waals surface area contributed by atoms with Gasteiger partial charge in [-0.1, -0.05) is 30.3 Å². The summed E-state index contributed by atoms with van der Waals surface area (Å²) in [5.41, 5.74) is 2.12. The molecule has 1 aliphatic rings. The van der Waals surface area contributed by atoms with E-state index in [1.54, 1.807) is 23.2 Å². The fraction of sp³-hybridized carbons (Fsp3) is 0.190. The number of carboxylic acid groups (broad SMARTS) is 1. The van der Waals surface area contributed by atoms with Crippen molar-refractivity contribution >= 4 is 17.8 Å². The number of amides is 2. The van der Waals surface area contributed by atoms with Crippen molar-refractivity contribution in [2.75, 3.05) is 0 Å². The molecule has 4 rings (SSSR count). The summed E-state index contributed by atoms with van der Waals surface area (Å²) in [5.74, 6) is -2.69. The van der Waals surface area contributed by atoms with E-state index in [4.69, 9.17) is 14.3 Å². The quantitative estimate of drug-likeness (QED) is 0.611. The van der Waals surface area contributed by atoms with Gasteiger partial charge >= 0.3 is 18.1 Å². The highest BCUT2D eigenvalue weighted by Crippen LogP contribution is 2.25. The van der Waals surface area contributed by atoms with Crippen LogP contribution in [0.4, 0.5) is 13.2 Å². The standard InChI is InChI=1S/C19H16N4O3.C2HF3O2/c24-17(21-9-13-5-2-1-3-6-13)18-22-15-11-23(12-16(15)26-18)19(25)14-7-4-8-20-10-14;3-2(4,5)1(6)7/h1-8,10H,9,11-12H2,(H,21,24);(H,6,7). The maximum absolute atomic E-state index is 12.4. The topological polar surface area (TPSA) is 126 Å². The first kappa shape index (κ1) is 23.4. The summed E-state index contributed by atoms with van der Waals surface area (Å²) in [6, 6.07) is 13.0. The first-order valence-electron chi connectivity index (χ1n) is 9.45. The molecule has 2 amide bonds. The van der Waals surface area contributed by atoms with Crippen molar-refractivity contribution in [2.24, 2.45) is 0 Å². The summed E-state index contributed by atoms with van der Waals surface area (Å²) in [6.07, 6.45) is -1.94. The number of aromatic nitrogens is 2. The van der Waals surface area contributed by atoms with Gasteiger partial charge in [-0.2, -0.15) is 13.2 Å². The molecule has 9 nitrogen and oxygen atoms in total. The lowest BCUT2D eigenvalue weighted by molar-refractivity contribution is -0.192. The lowest BCUT2D eigenvalue weighted by atomic mass is 10.2. The molecule has 0 spiro atoms. The fourth-order valence-corrected chi connectivity index (χ4v) is 2.81. The Morgan fingerprint density at radius 1 is 1.09 bits per heavy atom. The molecular formula is C21H17F3N4O5. The Bertz CT molecular complexity index is 1110. The predicted octanol–water partition coefficient (Wildman–Crippen LogP) is 2.79. The number of rotatable bonds is 4. The van der Waals surface area contributed by atoms with Crippen LogP contribution >= 0.6 is 0 Å². The van der Waals surface area contributed by atoms with Crippen molar-refractivity contribution in [1.82, 2.24) is 20.2 Å². The van der Waals surface area contributed by atoms with Crippen molar-refractivity contribution in [2.45, 2.75) is 25.8 Å². The first-order valence-corrected chi connectivity index (χ1v) is 9.45. The molecule has 0 atom stereocenters. The van der Waals surface area contributed by atoms with Gasteiger partial charge in [0.2, 0.25) is 0 Å². The molecule has 3 aromatic rings. The van der Waals surface area contributed by atoms with E-state index in [9.17, 15) is 22.8 Å². The molecule has 0 bridgehead atoms. The molecule has 0 unspecified atom stereocenters. The zero-order chi connectivity index (χ0) is 24.0. The van der Waals surface area contributed by atoms with Crippen LogP contribution in [0.1, 0.15) is 38.1 Å². The number of halogens is 3. The molecule has 0 fully saturated rings. The highest BCUT2D eigenvalue weighted by molar-refractivity contribution is 5.94. The van der Waals surface area contributed by atoms with Crippen molar-refractivity contribution in [3.8, 4) is 0 Å². The first-order chi connectivity index (χ1) is 15.6.